The lowest BCUT2D eigenvalue weighted by atomic mass is 9.78. The van der Waals surface area contributed by atoms with Crippen LogP contribution in [0.1, 0.15) is 24.5 Å². The Balaban J connectivity index is 1.89. The van der Waals surface area contributed by atoms with Gasteiger partial charge in [0.1, 0.15) is 0 Å². The van der Waals surface area contributed by atoms with E-state index in [1.165, 1.54) is 16.3 Å². The molecule has 1 aliphatic heterocycles. The molecule has 1 N–H and O–H groups in total. The Bertz CT molecular complexity index is 717. The van der Waals surface area contributed by atoms with Crippen LogP contribution in [0.15, 0.2) is 41.1 Å². The number of hydrazine groups is 1. The molecular weight excluding hydrogens is 320 g/mol. The lowest BCUT2D eigenvalue weighted by Crippen LogP contribution is -2.59. The predicted molar refractivity (Wildman–Crippen MR) is 86.4 cm³/mol. The predicted octanol–water partition coefficient (Wildman–Crippen LogP) is 3.12. The number of hydrogen-bond acceptors (Lipinski definition) is 3. The Kier molecular flexibility index (Phi) is 3.93. The number of rotatable bonds is 3. The smallest absolute Gasteiger partial charge is 0.252 e. The molecule has 2 amide bonds. The largest absolute Gasteiger partial charge is 0.273 e. The summed E-state index contributed by atoms with van der Waals surface area (Å²) in [4.78, 5) is 24.9. The maximum Gasteiger partial charge on any atom is 0.252 e. The summed E-state index contributed by atoms with van der Waals surface area (Å²) in [6, 6.07) is 9.17. The van der Waals surface area contributed by atoms with Crippen LogP contribution in [-0.2, 0) is 21.5 Å². The molecule has 1 aliphatic rings. The number of carbonyl (C=O) groups excluding carboxylic acids is 2. The maximum atomic E-state index is 12.9. The van der Waals surface area contributed by atoms with Gasteiger partial charge >= 0.3 is 0 Å². The lowest BCUT2D eigenvalue weighted by molar-refractivity contribution is -0.154. The van der Waals surface area contributed by atoms with Gasteiger partial charge in [-0.15, -0.1) is 0 Å². The normalized spacial score (nSPS) is 21.8. The van der Waals surface area contributed by atoms with E-state index < -0.39 is 5.41 Å². The van der Waals surface area contributed by atoms with E-state index in [1.54, 1.807) is 12.1 Å². The van der Waals surface area contributed by atoms with Gasteiger partial charge < -0.3 is 0 Å². The van der Waals surface area contributed by atoms with E-state index in [-0.39, 0.29) is 18.2 Å². The molecule has 0 radical (unpaired) electrons. The van der Waals surface area contributed by atoms with Gasteiger partial charge in [0.05, 0.1) is 12.0 Å². The van der Waals surface area contributed by atoms with Crippen LogP contribution in [0.25, 0.3) is 0 Å². The standard InChI is InChI=1S/C16H15ClN2O2S/c1-16(12-5-6-22-10-12)8-14(20)18-19(15(16)21)9-11-3-2-4-13(17)7-11/h2-7,10H,8-9H2,1H3,(H,18,20). The molecule has 1 aromatic heterocycles. The lowest BCUT2D eigenvalue weighted by Gasteiger charge is -2.38. The van der Waals surface area contributed by atoms with Crippen LogP contribution in [0.4, 0.5) is 0 Å². The zero-order valence-corrected chi connectivity index (χ0v) is 13.6. The third-order valence-corrected chi connectivity index (χ3v) is 4.80. The summed E-state index contributed by atoms with van der Waals surface area (Å²) in [5, 5.41) is 5.83. The maximum absolute atomic E-state index is 12.9. The highest BCUT2D eigenvalue weighted by Crippen LogP contribution is 2.34. The Morgan fingerprint density at radius 3 is 2.86 bits per heavy atom. The summed E-state index contributed by atoms with van der Waals surface area (Å²) >= 11 is 7.50. The van der Waals surface area contributed by atoms with Crippen molar-refractivity contribution in [2.24, 2.45) is 0 Å². The number of thiophene rings is 1. The monoisotopic (exact) mass is 334 g/mol. The van der Waals surface area contributed by atoms with Gasteiger partial charge in [0.25, 0.3) is 5.91 Å². The van der Waals surface area contributed by atoms with E-state index in [0.717, 1.165) is 11.1 Å². The van der Waals surface area contributed by atoms with Crippen molar-refractivity contribution in [2.75, 3.05) is 0 Å². The van der Waals surface area contributed by atoms with Crippen molar-refractivity contribution in [1.82, 2.24) is 10.4 Å². The molecule has 6 heteroatoms. The zero-order valence-electron chi connectivity index (χ0n) is 12.0. The van der Waals surface area contributed by atoms with E-state index in [1.807, 2.05) is 35.9 Å². The molecule has 1 unspecified atom stereocenters. The van der Waals surface area contributed by atoms with Crippen LogP contribution in [0.2, 0.25) is 5.02 Å². The Morgan fingerprint density at radius 1 is 1.36 bits per heavy atom. The topological polar surface area (TPSA) is 49.4 Å². The first-order valence-electron chi connectivity index (χ1n) is 6.87. The molecule has 1 aromatic carbocycles. The Morgan fingerprint density at radius 2 is 2.18 bits per heavy atom. The molecule has 0 aliphatic carbocycles. The molecule has 3 rings (SSSR count). The van der Waals surface area contributed by atoms with Crippen molar-refractivity contribution < 1.29 is 9.59 Å². The van der Waals surface area contributed by atoms with Gasteiger partial charge in [0, 0.05) is 11.4 Å². The van der Waals surface area contributed by atoms with Gasteiger partial charge in [-0.25, -0.2) is 5.01 Å². The third-order valence-electron chi connectivity index (χ3n) is 3.88. The Hall–Kier alpha value is -1.85. The Labute approximate surface area is 137 Å². The molecule has 1 saturated heterocycles. The minimum absolute atomic E-state index is 0.106. The van der Waals surface area contributed by atoms with Gasteiger partial charge in [-0.1, -0.05) is 23.7 Å². The van der Waals surface area contributed by atoms with Crippen molar-refractivity contribution in [3.63, 3.8) is 0 Å². The second-order valence-corrected chi connectivity index (χ2v) is 6.79. The number of halogens is 1. The number of benzene rings is 1. The van der Waals surface area contributed by atoms with Gasteiger partial charge in [0.2, 0.25) is 5.91 Å². The molecule has 0 saturated carbocycles. The number of carbonyl (C=O) groups is 2. The molecule has 114 valence electrons. The highest BCUT2D eigenvalue weighted by atomic mass is 35.5. The quantitative estimate of drug-likeness (QED) is 0.937. The van der Waals surface area contributed by atoms with Crippen molar-refractivity contribution in [3.8, 4) is 0 Å². The molecule has 2 heterocycles. The summed E-state index contributed by atoms with van der Waals surface area (Å²) in [5.74, 6) is -0.263. The average molecular weight is 335 g/mol. The number of hydrogen-bond donors (Lipinski definition) is 1. The van der Waals surface area contributed by atoms with Crippen molar-refractivity contribution in [2.45, 2.75) is 25.3 Å². The second kappa shape index (κ2) is 5.74. The summed E-state index contributed by atoms with van der Waals surface area (Å²) in [6.45, 7) is 2.12. The molecule has 1 fully saturated rings. The summed E-state index contributed by atoms with van der Waals surface area (Å²) < 4.78 is 0. The van der Waals surface area contributed by atoms with Gasteiger partial charge in [-0.3, -0.25) is 15.0 Å². The van der Waals surface area contributed by atoms with Gasteiger partial charge in [-0.2, -0.15) is 11.3 Å². The van der Waals surface area contributed by atoms with Crippen molar-refractivity contribution in [1.29, 1.82) is 0 Å². The fourth-order valence-electron chi connectivity index (χ4n) is 2.67. The van der Waals surface area contributed by atoms with E-state index >= 15 is 0 Å². The molecular formula is C16H15ClN2O2S. The minimum atomic E-state index is -0.819. The number of nitrogens with zero attached hydrogens (tertiary/aromatic N) is 1. The number of amides is 2. The van der Waals surface area contributed by atoms with E-state index in [9.17, 15) is 9.59 Å². The highest BCUT2D eigenvalue weighted by Gasteiger charge is 2.45. The van der Waals surface area contributed by atoms with E-state index in [4.69, 9.17) is 11.6 Å². The van der Waals surface area contributed by atoms with Crippen molar-refractivity contribution in [3.05, 3.63) is 57.2 Å². The van der Waals surface area contributed by atoms with E-state index in [2.05, 4.69) is 5.43 Å². The van der Waals surface area contributed by atoms with Crippen LogP contribution in [0, 0.1) is 0 Å². The van der Waals surface area contributed by atoms with Crippen LogP contribution < -0.4 is 5.43 Å². The SMILES string of the molecule is CC1(c2ccsc2)CC(=O)NN(Cc2cccc(Cl)c2)C1=O. The van der Waals surface area contributed by atoms with Crippen molar-refractivity contribution >= 4 is 34.8 Å². The minimum Gasteiger partial charge on any atom is -0.273 e. The molecule has 2 aromatic rings. The van der Waals surface area contributed by atoms with Crippen LogP contribution in [0.5, 0.6) is 0 Å². The van der Waals surface area contributed by atoms with Crippen LogP contribution in [-0.4, -0.2) is 16.8 Å². The molecule has 0 bridgehead atoms. The second-order valence-electron chi connectivity index (χ2n) is 5.58. The molecule has 4 nitrogen and oxygen atoms in total. The average Bonchev–Trinajstić information content (AvgIpc) is 2.99. The van der Waals surface area contributed by atoms with Crippen LogP contribution >= 0.6 is 22.9 Å². The van der Waals surface area contributed by atoms with Crippen LogP contribution in [0.3, 0.4) is 0 Å². The first kappa shape index (κ1) is 15.1. The molecule has 1 atom stereocenters. The third kappa shape index (κ3) is 2.74. The molecule has 0 spiro atoms. The summed E-state index contributed by atoms with van der Waals surface area (Å²) in [7, 11) is 0. The van der Waals surface area contributed by atoms with E-state index in [0.29, 0.717) is 11.6 Å². The highest BCUT2D eigenvalue weighted by molar-refractivity contribution is 7.08. The fraction of sp³-hybridized carbons (Fsp3) is 0.250. The number of nitrogens with one attached hydrogen (secondary N) is 1. The fourth-order valence-corrected chi connectivity index (χ4v) is 3.67. The summed E-state index contributed by atoms with van der Waals surface area (Å²) in [6.07, 6.45) is 0.161. The van der Waals surface area contributed by atoms with Gasteiger partial charge in [-0.05, 0) is 47.0 Å². The zero-order chi connectivity index (χ0) is 15.7. The first-order chi connectivity index (χ1) is 10.5. The first-order valence-corrected chi connectivity index (χ1v) is 8.20. The molecule has 22 heavy (non-hydrogen) atoms. The summed E-state index contributed by atoms with van der Waals surface area (Å²) in [5.41, 5.74) is 3.59. The van der Waals surface area contributed by atoms with Gasteiger partial charge in [0.15, 0.2) is 0 Å².